The van der Waals surface area contributed by atoms with Crippen LogP contribution in [0.3, 0.4) is 0 Å². The minimum atomic E-state index is -3.64. The molecule has 0 saturated carbocycles. The molecule has 0 N–H and O–H groups in total. The van der Waals surface area contributed by atoms with Gasteiger partial charge in [0.15, 0.2) is 0 Å². The van der Waals surface area contributed by atoms with Gasteiger partial charge in [-0.3, -0.25) is 4.79 Å². The van der Waals surface area contributed by atoms with Crippen molar-refractivity contribution in [2.24, 2.45) is 0 Å². The first kappa shape index (κ1) is 23.9. The molecule has 2 heterocycles. The summed E-state index contributed by atoms with van der Waals surface area (Å²) in [6, 6.07) is 10.4. The van der Waals surface area contributed by atoms with E-state index in [1.165, 1.54) is 23.5 Å². The van der Waals surface area contributed by atoms with E-state index >= 15 is 0 Å². The highest BCUT2D eigenvalue weighted by molar-refractivity contribution is 7.89. The third kappa shape index (κ3) is 4.98. The topological polar surface area (TPSA) is 70.2 Å². The lowest BCUT2D eigenvalue weighted by atomic mass is 10.1. The average molecular weight is 492 g/mol. The number of methoxy groups -OCH3 is 1. The van der Waals surface area contributed by atoms with Gasteiger partial charge in [0.1, 0.15) is 5.75 Å². The van der Waals surface area contributed by atoms with Crippen molar-refractivity contribution < 1.29 is 17.9 Å². The maximum absolute atomic E-state index is 13.4. The number of rotatable bonds is 5. The van der Waals surface area contributed by atoms with E-state index in [4.69, 9.17) is 16.3 Å². The van der Waals surface area contributed by atoms with Gasteiger partial charge in [0.25, 0.3) is 5.91 Å². The van der Waals surface area contributed by atoms with Crippen LogP contribution >= 0.6 is 11.6 Å². The van der Waals surface area contributed by atoms with Gasteiger partial charge in [0, 0.05) is 50.0 Å². The summed E-state index contributed by atoms with van der Waals surface area (Å²) in [5.74, 6) is 0.163. The van der Waals surface area contributed by atoms with E-state index in [1.54, 1.807) is 11.0 Å². The molecule has 0 atom stereocenters. The molecule has 2 fully saturated rings. The number of piperidine rings is 1. The summed E-state index contributed by atoms with van der Waals surface area (Å²) in [7, 11) is -2.15. The molecule has 2 aromatic carbocycles. The number of ether oxygens (including phenoxy) is 1. The normalized spacial score (nSPS) is 17.8. The molecule has 178 valence electrons. The number of anilines is 1. The molecule has 0 spiro atoms. The fourth-order valence-electron chi connectivity index (χ4n) is 4.51. The Balaban J connectivity index is 1.53. The van der Waals surface area contributed by atoms with Crippen LogP contribution in [0.2, 0.25) is 5.02 Å². The Labute approximate surface area is 200 Å². The molecule has 7 nitrogen and oxygen atoms in total. The summed E-state index contributed by atoms with van der Waals surface area (Å²) in [5, 5.41) is 0.686. The van der Waals surface area contributed by atoms with Crippen molar-refractivity contribution >= 4 is 33.2 Å². The van der Waals surface area contributed by atoms with E-state index < -0.39 is 10.0 Å². The largest absolute Gasteiger partial charge is 0.496 e. The number of hydrogen-bond donors (Lipinski definition) is 0. The number of aryl methyl sites for hydroxylation is 1. The van der Waals surface area contributed by atoms with E-state index in [-0.39, 0.29) is 16.4 Å². The van der Waals surface area contributed by atoms with Gasteiger partial charge in [0.05, 0.1) is 17.6 Å². The second-order valence-corrected chi connectivity index (χ2v) is 10.9. The first-order chi connectivity index (χ1) is 15.8. The molecule has 4 rings (SSSR count). The summed E-state index contributed by atoms with van der Waals surface area (Å²) in [4.78, 5) is 17.5. The van der Waals surface area contributed by atoms with Gasteiger partial charge in [0.2, 0.25) is 10.0 Å². The van der Waals surface area contributed by atoms with Crippen LogP contribution in [0.25, 0.3) is 0 Å². The summed E-state index contributed by atoms with van der Waals surface area (Å²) in [6.45, 7) is 5.46. The SMILES string of the molecule is COc1ccc(S(=O)(=O)N2CCCCC2)cc1C(=O)N1CCN(c2cc(Cl)ccc2C)CC1. The Morgan fingerprint density at radius 1 is 0.939 bits per heavy atom. The van der Waals surface area contributed by atoms with Crippen LogP contribution in [0.5, 0.6) is 5.75 Å². The minimum absolute atomic E-state index is 0.140. The van der Waals surface area contributed by atoms with E-state index in [0.717, 1.165) is 30.5 Å². The molecule has 0 aliphatic carbocycles. The summed E-state index contributed by atoms with van der Waals surface area (Å²) < 4.78 is 33.2. The Kier molecular flexibility index (Phi) is 7.16. The lowest BCUT2D eigenvalue weighted by Gasteiger charge is -2.37. The molecule has 0 aromatic heterocycles. The highest BCUT2D eigenvalue weighted by atomic mass is 35.5. The number of sulfonamides is 1. The number of nitrogens with zero attached hydrogens (tertiary/aromatic N) is 3. The Morgan fingerprint density at radius 2 is 1.64 bits per heavy atom. The molecule has 0 bridgehead atoms. The fraction of sp³-hybridized carbons (Fsp3) is 0.458. The van der Waals surface area contributed by atoms with Crippen molar-refractivity contribution in [1.29, 1.82) is 0 Å². The minimum Gasteiger partial charge on any atom is -0.496 e. The number of amides is 1. The highest BCUT2D eigenvalue weighted by Crippen LogP contribution is 2.29. The van der Waals surface area contributed by atoms with Gasteiger partial charge in [-0.25, -0.2) is 8.42 Å². The van der Waals surface area contributed by atoms with Crippen LogP contribution in [0, 0.1) is 6.92 Å². The number of hydrogen-bond acceptors (Lipinski definition) is 5. The van der Waals surface area contributed by atoms with Crippen molar-refractivity contribution in [1.82, 2.24) is 9.21 Å². The van der Waals surface area contributed by atoms with Crippen molar-refractivity contribution in [3.05, 3.63) is 52.5 Å². The monoisotopic (exact) mass is 491 g/mol. The van der Waals surface area contributed by atoms with Gasteiger partial charge < -0.3 is 14.5 Å². The average Bonchev–Trinajstić information content (AvgIpc) is 2.85. The first-order valence-electron chi connectivity index (χ1n) is 11.3. The molecule has 33 heavy (non-hydrogen) atoms. The third-order valence-corrected chi connectivity index (χ3v) is 8.56. The maximum atomic E-state index is 13.4. The van der Waals surface area contributed by atoms with Crippen LogP contribution in [-0.2, 0) is 10.0 Å². The standard InChI is InChI=1S/C24H30ClN3O4S/c1-18-6-7-19(25)16-22(18)26-12-14-27(15-13-26)24(29)21-17-20(8-9-23(21)32-2)33(30,31)28-10-4-3-5-11-28/h6-9,16-17H,3-5,10-15H2,1-2H3. The molecular formula is C24H30ClN3O4S. The number of carbonyl (C=O) groups is 1. The summed E-state index contributed by atoms with van der Waals surface area (Å²) in [6.07, 6.45) is 2.76. The van der Waals surface area contributed by atoms with Gasteiger partial charge >= 0.3 is 0 Å². The smallest absolute Gasteiger partial charge is 0.257 e. The lowest BCUT2D eigenvalue weighted by Crippen LogP contribution is -2.49. The van der Waals surface area contributed by atoms with Crippen molar-refractivity contribution in [2.75, 3.05) is 51.3 Å². The Morgan fingerprint density at radius 3 is 2.30 bits per heavy atom. The summed E-state index contributed by atoms with van der Waals surface area (Å²) >= 11 is 6.18. The van der Waals surface area contributed by atoms with Crippen molar-refractivity contribution in [2.45, 2.75) is 31.1 Å². The van der Waals surface area contributed by atoms with Gasteiger partial charge in [-0.1, -0.05) is 24.1 Å². The maximum Gasteiger partial charge on any atom is 0.257 e. The molecule has 2 aliphatic rings. The number of halogens is 1. The lowest BCUT2D eigenvalue weighted by molar-refractivity contribution is 0.0743. The molecule has 2 aromatic rings. The number of piperazine rings is 1. The number of carbonyl (C=O) groups excluding carboxylic acids is 1. The molecule has 0 radical (unpaired) electrons. The van der Waals surface area contributed by atoms with E-state index in [2.05, 4.69) is 4.90 Å². The molecule has 0 unspecified atom stereocenters. The van der Waals surface area contributed by atoms with E-state index in [0.29, 0.717) is 50.0 Å². The Bertz CT molecular complexity index is 1120. The van der Waals surface area contributed by atoms with Crippen LogP contribution in [0.1, 0.15) is 35.2 Å². The van der Waals surface area contributed by atoms with E-state index in [9.17, 15) is 13.2 Å². The zero-order chi connectivity index (χ0) is 23.6. The number of benzene rings is 2. The highest BCUT2D eigenvalue weighted by Gasteiger charge is 2.30. The van der Waals surface area contributed by atoms with Gasteiger partial charge in [-0.05, 0) is 55.7 Å². The van der Waals surface area contributed by atoms with E-state index in [1.807, 2.05) is 25.1 Å². The second-order valence-electron chi connectivity index (χ2n) is 8.54. The molecule has 1 amide bonds. The predicted molar refractivity (Wildman–Crippen MR) is 130 cm³/mol. The van der Waals surface area contributed by atoms with Gasteiger partial charge in [-0.15, -0.1) is 0 Å². The molecule has 2 saturated heterocycles. The van der Waals surface area contributed by atoms with Crippen LogP contribution < -0.4 is 9.64 Å². The molecule has 2 aliphatic heterocycles. The fourth-order valence-corrected chi connectivity index (χ4v) is 6.22. The Hall–Kier alpha value is -2.29. The van der Waals surface area contributed by atoms with Crippen LogP contribution in [0.4, 0.5) is 5.69 Å². The summed E-state index contributed by atoms with van der Waals surface area (Å²) in [5.41, 5.74) is 2.49. The van der Waals surface area contributed by atoms with Crippen LogP contribution in [0.15, 0.2) is 41.3 Å². The molecule has 9 heteroatoms. The second kappa shape index (κ2) is 9.91. The van der Waals surface area contributed by atoms with Crippen molar-refractivity contribution in [3.63, 3.8) is 0 Å². The third-order valence-electron chi connectivity index (χ3n) is 6.43. The first-order valence-corrected chi connectivity index (χ1v) is 13.1. The van der Waals surface area contributed by atoms with Gasteiger partial charge in [-0.2, -0.15) is 4.31 Å². The predicted octanol–water partition coefficient (Wildman–Crippen LogP) is 3.79. The van der Waals surface area contributed by atoms with Crippen LogP contribution in [-0.4, -0.2) is 69.9 Å². The quantitative estimate of drug-likeness (QED) is 0.636. The molecular weight excluding hydrogens is 462 g/mol. The van der Waals surface area contributed by atoms with Crippen molar-refractivity contribution in [3.8, 4) is 5.75 Å². The zero-order valence-electron chi connectivity index (χ0n) is 19.1. The zero-order valence-corrected chi connectivity index (χ0v) is 20.7.